The number of hydrogen-bond donors (Lipinski definition) is 0. The van der Waals surface area contributed by atoms with Crippen molar-refractivity contribution in [3.8, 4) is 0 Å². The zero-order chi connectivity index (χ0) is 9.10. The van der Waals surface area contributed by atoms with E-state index in [0.717, 1.165) is 18.8 Å². The Bertz CT molecular complexity index is 299. The van der Waals surface area contributed by atoms with Gasteiger partial charge in [-0.1, -0.05) is 0 Å². The largest absolute Gasteiger partial charge is 0.349 e. The smallest absolute Gasteiger partial charge is 0.152 e. The van der Waals surface area contributed by atoms with Crippen LogP contribution in [0.3, 0.4) is 0 Å². The van der Waals surface area contributed by atoms with Crippen molar-refractivity contribution in [1.82, 2.24) is 9.97 Å². The van der Waals surface area contributed by atoms with Crippen LogP contribution in [0.2, 0.25) is 0 Å². The van der Waals surface area contributed by atoms with Gasteiger partial charge in [-0.05, 0) is 12.5 Å². The van der Waals surface area contributed by atoms with Crippen LogP contribution in [0.5, 0.6) is 0 Å². The van der Waals surface area contributed by atoms with Gasteiger partial charge in [0.2, 0.25) is 0 Å². The summed E-state index contributed by atoms with van der Waals surface area (Å²) in [6, 6.07) is 1.83. The fraction of sp³-hybridized carbons (Fsp3) is 0.444. The summed E-state index contributed by atoms with van der Waals surface area (Å²) in [6.45, 7) is 1.42. The molecule has 0 amide bonds. The molecule has 0 atom stereocenters. The molecule has 0 spiro atoms. The SMILES string of the molecule is O=C1CCCN(c2ccncn2)C1. The van der Waals surface area contributed by atoms with Crippen LogP contribution < -0.4 is 4.90 Å². The third-order valence-electron chi connectivity index (χ3n) is 2.14. The monoisotopic (exact) mass is 177 g/mol. The van der Waals surface area contributed by atoms with Crippen molar-refractivity contribution in [1.29, 1.82) is 0 Å². The van der Waals surface area contributed by atoms with Gasteiger partial charge >= 0.3 is 0 Å². The lowest BCUT2D eigenvalue weighted by atomic mass is 10.1. The fourth-order valence-electron chi connectivity index (χ4n) is 1.50. The van der Waals surface area contributed by atoms with E-state index < -0.39 is 0 Å². The second-order valence-electron chi connectivity index (χ2n) is 3.13. The van der Waals surface area contributed by atoms with Crippen molar-refractivity contribution in [3.05, 3.63) is 18.6 Å². The number of rotatable bonds is 1. The molecule has 4 heteroatoms. The van der Waals surface area contributed by atoms with Crippen LogP contribution in [0.25, 0.3) is 0 Å². The Balaban J connectivity index is 2.13. The maximum Gasteiger partial charge on any atom is 0.152 e. The maximum atomic E-state index is 11.2. The van der Waals surface area contributed by atoms with Crippen molar-refractivity contribution < 1.29 is 4.79 Å². The van der Waals surface area contributed by atoms with E-state index in [4.69, 9.17) is 0 Å². The molecule has 1 saturated heterocycles. The molecule has 0 bridgehead atoms. The van der Waals surface area contributed by atoms with Crippen molar-refractivity contribution in [3.63, 3.8) is 0 Å². The van der Waals surface area contributed by atoms with E-state index in [1.807, 2.05) is 11.0 Å². The third-order valence-corrected chi connectivity index (χ3v) is 2.14. The fourth-order valence-corrected chi connectivity index (χ4v) is 1.50. The highest BCUT2D eigenvalue weighted by Gasteiger charge is 2.17. The van der Waals surface area contributed by atoms with Gasteiger partial charge in [0.1, 0.15) is 12.1 Å². The van der Waals surface area contributed by atoms with Gasteiger partial charge in [0.25, 0.3) is 0 Å². The molecule has 4 nitrogen and oxygen atoms in total. The van der Waals surface area contributed by atoms with Crippen LogP contribution in [0.15, 0.2) is 18.6 Å². The number of Topliss-reactive ketones (excluding diaryl/α,β-unsaturated/α-hetero) is 1. The van der Waals surface area contributed by atoms with E-state index in [0.29, 0.717) is 18.7 Å². The number of aromatic nitrogens is 2. The van der Waals surface area contributed by atoms with E-state index in [9.17, 15) is 4.79 Å². The quantitative estimate of drug-likeness (QED) is 0.631. The minimum Gasteiger partial charge on any atom is -0.349 e. The summed E-state index contributed by atoms with van der Waals surface area (Å²) in [6.07, 6.45) is 4.85. The van der Waals surface area contributed by atoms with Gasteiger partial charge in [-0.25, -0.2) is 9.97 Å². The van der Waals surface area contributed by atoms with Gasteiger partial charge in [-0.2, -0.15) is 0 Å². The number of nitrogens with zero attached hydrogens (tertiary/aromatic N) is 3. The number of anilines is 1. The molecule has 0 saturated carbocycles. The first kappa shape index (κ1) is 8.16. The molecule has 0 radical (unpaired) electrons. The molecule has 0 aromatic carbocycles. The summed E-state index contributed by atoms with van der Waals surface area (Å²) in [5, 5.41) is 0. The Labute approximate surface area is 76.6 Å². The summed E-state index contributed by atoms with van der Waals surface area (Å²) in [7, 11) is 0. The standard InChI is InChI=1S/C9H11N3O/c13-8-2-1-5-12(6-8)9-3-4-10-7-11-9/h3-4,7H,1-2,5-6H2. The van der Waals surface area contributed by atoms with Crippen molar-refractivity contribution >= 4 is 11.6 Å². The molecule has 13 heavy (non-hydrogen) atoms. The molecule has 0 aliphatic carbocycles. The maximum absolute atomic E-state index is 11.2. The van der Waals surface area contributed by atoms with Crippen LogP contribution in [0.4, 0.5) is 5.82 Å². The van der Waals surface area contributed by atoms with E-state index >= 15 is 0 Å². The topological polar surface area (TPSA) is 46.1 Å². The first-order chi connectivity index (χ1) is 6.36. The molecular weight excluding hydrogens is 166 g/mol. The van der Waals surface area contributed by atoms with Crippen molar-refractivity contribution in [2.24, 2.45) is 0 Å². The predicted octanol–water partition coefficient (Wildman–Crippen LogP) is 0.646. The predicted molar refractivity (Wildman–Crippen MR) is 48.5 cm³/mol. The van der Waals surface area contributed by atoms with Gasteiger partial charge in [0.15, 0.2) is 5.78 Å². The minimum absolute atomic E-state index is 0.296. The Morgan fingerprint density at radius 1 is 1.46 bits per heavy atom. The number of carbonyl (C=O) groups excluding carboxylic acids is 1. The van der Waals surface area contributed by atoms with Crippen molar-refractivity contribution in [2.75, 3.05) is 18.0 Å². The lowest BCUT2D eigenvalue weighted by Gasteiger charge is -2.26. The molecule has 1 aromatic heterocycles. The average Bonchev–Trinajstić information content (AvgIpc) is 2.19. The van der Waals surface area contributed by atoms with E-state index in [-0.39, 0.29) is 0 Å². The van der Waals surface area contributed by atoms with Crippen LogP contribution in [0, 0.1) is 0 Å². The summed E-state index contributed by atoms with van der Waals surface area (Å²) in [4.78, 5) is 21.1. The first-order valence-corrected chi connectivity index (χ1v) is 4.39. The highest BCUT2D eigenvalue weighted by Crippen LogP contribution is 2.13. The van der Waals surface area contributed by atoms with Crippen LogP contribution in [-0.4, -0.2) is 28.8 Å². The molecule has 1 fully saturated rings. The number of carbonyl (C=O) groups is 1. The molecule has 1 aliphatic heterocycles. The summed E-state index contributed by atoms with van der Waals surface area (Å²) >= 11 is 0. The summed E-state index contributed by atoms with van der Waals surface area (Å²) < 4.78 is 0. The minimum atomic E-state index is 0.296. The summed E-state index contributed by atoms with van der Waals surface area (Å²) in [5.74, 6) is 1.15. The molecule has 68 valence electrons. The molecular formula is C9H11N3O. The van der Waals surface area contributed by atoms with Gasteiger partial charge in [0.05, 0.1) is 6.54 Å². The third kappa shape index (κ3) is 1.83. The Morgan fingerprint density at radius 3 is 3.08 bits per heavy atom. The Kier molecular flexibility index (Phi) is 2.21. The lowest BCUT2D eigenvalue weighted by Crippen LogP contribution is -2.36. The number of ketones is 1. The molecule has 1 aromatic rings. The van der Waals surface area contributed by atoms with Gasteiger partial charge < -0.3 is 4.90 Å². The molecule has 2 rings (SSSR count). The molecule has 2 heterocycles. The highest BCUT2D eigenvalue weighted by atomic mass is 16.1. The highest BCUT2D eigenvalue weighted by molar-refractivity contribution is 5.84. The van der Waals surface area contributed by atoms with E-state index in [2.05, 4.69) is 9.97 Å². The molecule has 1 aliphatic rings. The van der Waals surface area contributed by atoms with Crippen LogP contribution >= 0.6 is 0 Å². The van der Waals surface area contributed by atoms with Crippen molar-refractivity contribution in [2.45, 2.75) is 12.8 Å². The van der Waals surface area contributed by atoms with E-state index in [1.165, 1.54) is 6.33 Å². The second kappa shape index (κ2) is 3.51. The number of hydrogen-bond acceptors (Lipinski definition) is 4. The second-order valence-corrected chi connectivity index (χ2v) is 3.13. The van der Waals surface area contributed by atoms with Gasteiger partial charge in [-0.15, -0.1) is 0 Å². The average molecular weight is 177 g/mol. The van der Waals surface area contributed by atoms with Gasteiger partial charge in [0, 0.05) is 19.2 Å². The van der Waals surface area contributed by atoms with Crippen LogP contribution in [-0.2, 0) is 4.79 Å². The Morgan fingerprint density at radius 2 is 2.38 bits per heavy atom. The number of piperidine rings is 1. The zero-order valence-electron chi connectivity index (χ0n) is 7.31. The first-order valence-electron chi connectivity index (χ1n) is 4.39. The van der Waals surface area contributed by atoms with Crippen LogP contribution in [0.1, 0.15) is 12.8 Å². The van der Waals surface area contributed by atoms with Gasteiger partial charge in [-0.3, -0.25) is 4.79 Å². The zero-order valence-corrected chi connectivity index (χ0v) is 7.31. The lowest BCUT2D eigenvalue weighted by molar-refractivity contribution is -0.118. The molecule has 0 unspecified atom stereocenters. The normalized spacial score (nSPS) is 17.5. The summed E-state index contributed by atoms with van der Waals surface area (Å²) in [5.41, 5.74) is 0. The van der Waals surface area contributed by atoms with E-state index in [1.54, 1.807) is 6.20 Å². The molecule has 0 N–H and O–H groups in total. The Hall–Kier alpha value is -1.45.